The van der Waals surface area contributed by atoms with Crippen molar-refractivity contribution >= 4 is 11.9 Å². The zero-order valence-electron chi connectivity index (χ0n) is 16.6. The van der Waals surface area contributed by atoms with E-state index in [1.807, 2.05) is 38.1 Å². The van der Waals surface area contributed by atoms with Crippen molar-refractivity contribution in [3.05, 3.63) is 59.7 Å². The number of hydrogen-bond acceptors (Lipinski definition) is 5. The molecule has 0 unspecified atom stereocenters. The van der Waals surface area contributed by atoms with Gasteiger partial charge in [-0.2, -0.15) is 0 Å². The molecule has 2 aromatic carbocycles. The number of methoxy groups -OCH3 is 1. The van der Waals surface area contributed by atoms with Gasteiger partial charge in [-0.05, 0) is 43.7 Å². The third kappa shape index (κ3) is 6.95. The Kier molecular flexibility index (Phi) is 8.34. The number of aryl methyl sites for hydroxylation is 1. The van der Waals surface area contributed by atoms with Crippen molar-refractivity contribution in [3.8, 4) is 11.5 Å². The SMILES string of the molecule is CCOc1ccc(OCC(=O)N(CCC(=O)OC)Cc2ccc(C)cc2)cc1. The lowest BCUT2D eigenvalue weighted by Crippen LogP contribution is -2.36. The van der Waals surface area contributed by atoms with Crippen molar-refractivity contribution < 1.29 is 23.8 Å². The van der Waals surface area contributed by atoms with E-state index >= 15 is 0 Å². The third-order valence-electron chi connectivity index (χ3n) is 4.16. The second-order valence-electron chi connectivity index (χ2n) is 6.32. The van der Waals surface area contributed by atoms with E-state index in [1.54, 1.807) is 29.2 Å². The quantitative estimate of drug-likeness (QED) is 0.587. The largest absolute Gasteiger partial charge is 0.494 e. The Hall–Kier alpha value is -3.02. The Morgan fingerprint density at radius 1 is 0.929 bits per heavy atom. The van der Waals surface area contributed by atoms with Crippen LogP contribution in [0.5, 0.6) is 11.5 Å². The topological polar surface area (TPSA) is 65.1 Å². The van der Waals surface area contributed by atoms with Gasteiger partial charge in [-0.15, -0.1) is 0 Å². The summed E-state index contributed by atoms with van der Waals surface area (Å²) >= 11 is 0. The van der Waals surface area contributed by atoms with Gasteiger partial charge in [0.1, 0.15) is 11.5 Å². The molecule has 0 aromatic heterocycles. The lowest BCUT2D eigenvalue weighted by atomic mass is 10.1. The molecule has 6 heteroatoms. The van der Waals surface area contributed by atoms with E-state index in [-0.39, 0.29) is 31.4 Å². The van der Waals surface area contributed by atoms with Crippen LogP contribution in [0.1, 0.15) is 24.5 Å². The fourth-order valence-electron chi connectivity index (χ4n) is 2.57. The number of esters is 1. The van der Waals surface area contributed by atoms with Gasteiger partial charge in [-0.25, -0.2) is 0 Å². The molecule has 0 heterocycles. The van der Waals surface area contributed by atoms with Crippen LogP contribution in [0.4, 0.5) is 0 Å². The number of benzene rings is 2. The molecule has 150 valence electrons. The number of amides is 1. The highest BCUT2D eigenvalue weighted by molar-refractivity contribution is 5.78. The molecule has 2 rings (SSSR count). The number of nitrogens with zero attached hydrogens (tertiary/aromatic N) is 1. The predicted molar refractivity (Wildman–Crippen MR) is 106 cm³/mol. The minimum Gasteiger partial charge on any atom is -0.494 e. The molecule has 0 radical (unpaired) electrons. The standard InChI is InChI=1S/C22H27NO5/c1-4-27-19-9-11-20(12-10-19)28-16-21(24)23(14-13-22(25)26-3)15-18-7-5-17(2)6-8-18/h5-12H,4,13-16H2,1-3H3. The molecule has 0 N–H and O–H groups in total. The molecule has 0 bridgehead atoms. The molecule has 0 saturated carbocycles. The second kappa shape index (κ2) is 11.0. The summed E-state index contributed by atoms with van der Waals surface area (Å²) in [5.74, 6) is 0.785. The van der Waals surface area contributed by atoms with Crippen molar-refractivity contribution in [2.24, 2.45) is 0 Å². The molecule has 0 spiro atoms. The Balaban J connectivity index is 1.98. The van der Waals surface area contributed by atoms with Crippen LogP contribution in [0, 0.1) is 6.92 Å². The predicted octanol–water partition coefficient (Wildman–Crippen LogP) is 3.36. The average Bonchev–Trinajstić information content (AvgIpc) is 2.71. The van der Waals surface area contributed by atoms with Crippen LogP contribution >= 0.6 is 0 Å². The number of rotatable bonds is 10. The zero-order valence-corrected chi connectivity index (χ0v) is 16.6. The maximum Gasteiger partial charge on any atom is 0.307 e. The Morgan fingerprint density at radius 2 is 1.54 bits per heavy atom. The summed E-state index contributed by atoms with van der Waals surface area (Å²) in [7, 11) is 1.34. The molecule has 0 atom stereocenters. The molecule has 0 aliphatic carbocycles. The summed E-state index contributed by atoms with van der Waals surface area (Å²) in [5, 5.41) is 0. The molecule has 0 saturated heterocycles. The van der Waals surface area contributed by atoms with E-state index < -0.39 is 0 Å². The van der Waals surface area contributed by atoms with Crippen LogP contribution in [0.3, 0.4) is 0 Å². The van der Waals surface area contributed by atoms with Crippen LogP contribution in [0.15, 0.2) is 48.5 Å². The highest BCUT2D eigenvalue weighted by Gasteiger charge is 2.16. The average molecular weight is 385 g/mol. The summed E-state index contributed by atoms with van der Waals surface area (Å²) in [4.78, 5) is 25.8. The molecule has 0 fully saturated rings. The molecule has 6 nitrogen and oxygen atoms in total. The maximum absolute atomic E-state index is 12.7. The number of carbonyl (C=O) groups excluding carboxylic acids is 2. The number of hydrogen-bond donors (Lipinski definition) is 0. The first-order valence-corrected chi connectivity index (χ1v) is 9.27. The number of ether oxygens (including phenoxy) is 3. The van der Waals surface area contributed by atoms with Gasteiger partial charge in [0, 0.05) is 13.1 Å². The van der Waals surface area contributed by atoms with Crippen LogP contribution in [0.25, 0.3) is 0 Å². The Bertz CT molecular complexity index is 756. The fraction of sp³-hybridized carbons (Fsp3) is 0.364. The molecule has 1 amide bonds. The van der Waals surface area contributed by atoms with Crippen molar-refractivity contribution in [3.63, 3.8) is 0 Å². The maximum atomic E-state index is 12.7. The second-order valence-corrected chi connectivity index (χ2v) is 6.32. The van der Waals surface area contributed by atoms with Crippen molar-refractivity contribution in [1.82, 2.24) is 4.90 Å². The molecule has 0 aliphatic rings. The molecular formula is C22H27NO5. The third-order valence-corrected chi connectivity index (χ3v) is 4.16. The first-order chi connectivity index (χ1) is 13.5. The minimum atomic E-state index is -0.353. The van der Waals surface area contributed by atoms with Crippen LogP contribution < -0.4 is 9.47 Å². The molecule has 2 aromatic rings. The monoisotopic (exact) mass is 385 g/mol. The van der Waals surface area contributed by atoms with Gasteiger partial charge >= 0.3 is 5.97 Å². The summed E-state index contributed by atoms with van der Waals surface area (Å²) < 4.78 is 15.7. The molecular weight excluding hydrogens is 358 g/mol. The van der Waals surface area contributed by atoms with Gasteiger partial charge in [0.25, 0.3) is 5.91 Å². The van der Waals surface area contributed by atoms with Gasteiger partial charge in [-0.1, -0.05) is 29.8 Å². The molecule has 28 heavy (non-hydrogen) atoms. The van der Waals surface area contributed by atoms with E-state index in [4.69, 9.17) is 9.47 Å². The van der Waals surface area contributed by atoms with Gasteiger partial charge in [-0.3, -0.25) is 9.59 Å². The normalized spacial score (nSPS) is 10.2. The van der Waals surface area contributed by atoms with Crippen molar-refractivity contribution in [1.29, 1.82) is 0 Å². The lowest BCUT2D eigenvalue weighted by Gasteiger charge is -2.22. The molecule has 0 aliphatic heterocycles. The Labute approximate surface area is 166 Å². The van der Waals surface area contributed by atoms with E-state index in [9.17, 15) is 9.59 Å². The van der Waals surface area contributed by atoms with Crippen LogP contribution in [0.2, 0.25) is 0 Å². The summed E-state index contributed by atoms with van der Waals surface area (Å²) in [5.41, 5.74) is 2.14. The van der Waals surface area contributed by atoms with Crippen LogP contribution in [-0.4, -0.2) is 43.6 Å². The summed E-state index contributed by atoms with van der Waals surface area (Å²) in [6.45, 7) is 5.08. The fourth-order valence-corrected chi connectivity index (χ4v) is 2.57. The van der Waals surface area contributed by atoms with Crippen molar-refractivity contribution in [2.45, 2.75) is 26.8 Å². The highest BCUT2D eigenvalue weighted by Crippen LogP contribution is 2.18. The van der Waals surface area contributed by atoms with Gasteiger partial charge in [0.05, 0.1) is 20.1 Å². The summed E-state index contributed by atoms with van der Waals surface area (Å²) in [6.07, 6.45) is 0.136. The number of carbonyl (C=O) groups is 2. The first-order valence-electron chi connectivity index (χ1n) is 9.27. The van der Waals surface area contributed by atoms with Crippen LogP contribution in [-0.2, 0) is 20.9 Å². The highest BCUT2D eigenvalue weighted by atomic mass is 16.5. The smallest absolute Gasteiger partial charge is 0.307 e. The zero-order chi connectivity index (χ0) is 20.4. The minimum absolute atomic E-state index is 0.110. The van der Waals surface area contributed by atoms with E-state index in [1.165, 1.54) is 7.11 Å². The van der Waals surface area contributed by atoms with E-state index in [0.717, 1.165) is 16.9 Å². The van der Waals surface area contributed by atoms with Gasteiger partial charge in [0.2, 0.25) is 0 Å². The van der Waals surface area contributed by atoms with Gasteiger partial charge < -0.3 is 19.1 Å². The van der Waals surface area contributed by atoms with E-state index in [2.05, 4.69) is 4.74 Å². The van der Waals surface area contributed by atoms with Crippen molar-refractivity contribution in [2.75, 3.05) is 26.9 Å². The van der Waals surface area contributed by atoms with Gasteiger partial charge in [0.15, 0.2) is 6.61 Å². The Morgan fingerprint density at radius 3 is 2.11 bits per heavy atom. The van der Waals surface area contributed by atoms with E-state index in [0.29, 0.717) is 18.9 Å². The summed E-state index contributed by atoms with van der Waals surface area (Å²) in [6, 6.07) is 15.1. The first kappa shape index (κ1) is 21.3. The lowest BCUT2D eigenvalue weighted by molar-refractivity contribution is -0.142.